The number of ether oxygens (including phenoxy) is 1. The molecule has 0 radical (unpaired) electrons. The molecule has 0 bridgehead atoms. The highest BCUT2D eigenvalue weighted by molar-refractivity contribution is 5.97. The minimum atomic E-state index is -1.12. The van der Waals surface area contributed by atoms with Crippen LogP contribution in [0.1, 0.15) is 34.5 Å². The van der Waals surface area contributed by atoms with E-state index in [0.717, 1.165) is 11.1 Å². The molecule has 4 rings (SSSR count). The van der Waals surface area contributed by atoms with Gasteiger partial charge >= 0.3 is 12.1 Å². The van der Waals surface area contributed by atoms with Crippen LogP contribution in [0.2, 0.25) is 0 Å². The van der Waals surface area contributed by atoms with E-state index in [-0.39, 0.29) is 23.8 Å². The van der Waals surface area contributed by atoms with Crippen molar-refractivity contribution in [3.63, 3.8) is 0 Å². The molecule has 0 fully saturated rings. The smallest absolute Gasteiger partial charge is 0.414 e. The van der Waals surface area contributed by atoms with Crippen molar-refractivity contribution in [2.24, 2.45) is 0 Å². The van der Waals surface area contributed by atoms with Crippen molar-refractivity contribution in [2.45, 2.75) is 25.5 Å². The number of oxazole rings is 1. The van der Waals surface area contributed by atoms with Crippen molar-refractivity contribution in [1.29, 1.82) is 0 Å². The van der Waals surface area contributed by atoms with Crippen LogP contribution in [0.4, 0.5) is 10.7 Å². The first-order chi connectivity index (χ1) is 17.9. The van der Waals surface area contributed by atoms with Crippen LogP contribution in [-0.2, 0) is 16.0 Å². The summed E-state index contributed by atoms with van der Waals surface area (Å²) < 4.78 is 10.9. The van der Waals surface area contributed by atoms with Gasteiger partial charge in [-0.2, -0.15) is 0 Å². The number of nitrogens with zero attached hydrogens (tertiary/aromatic N) is 1. The van der Waals surface area contributed by atoms with Crippen LogP contribution in [-0.4, -0.2) is 34.1 Å². The maximum Gasteiger partial charge on any atom is 0.414 e. The van der Waals surface area contributed by atoms with Crippen molar-refractivity contribution in [3.05, 3.63) is 108 Å². The Hall–Kier alpha value is -4.92. The minimum Gasteiger partial charge on any atom is -0.480 e. The van der Waals surface area contributed by atoms with Gasteiger partial charge in [-0.1, -0.05) is 60.7 Å². The van der Waals surface area contributed by atoms with E-state index in [1.165, 1.54) is 6.20 Å². The van der Waals surface area contributed by atoms with Crippen LogP contribution in [0, 0.1) is 0 Å². The third-order valence-corrected chi connectivity index (χ3v) is 5.56. The molecule has 0 aliphatic heterocycles. The lowest BCUT2D eigenvalue weighted by Crippen LogP contribution is -2.42. The third kappa shape index (κ3) is 6.82. The molecule has 0 saturated carbocycles. The highest BCUT2D eigenvalue weighted by atomic mass is 16.6. The molecule has 1 aromatic heterocycles. The molecule has 4 aromatic rings. The Labute approximate surface area is 213 Å². The van der Waals surface area contributed by atoms with Crippen LogP contribution in [0.15, 0.2) is 95.5 Å². The molecule has 2 amide bonds. The summed E-state index contributed by atoms with van der Waals surface area (Å²) in [6.07, 6.45) is 0.384. The Balaban J connectivity index is 1.35. The Bertz CT molecular complexity index is 1350. The molecule has 0 aliphatic rings. The largest absolute Gasteiger partial charge is 0.480 e. The number of carboxylic acid groups (broad SMARTS) is 1. The maximum atomic E-state index is 12.6. The number of anilines is 1. The summed E-state index contributed by atoms with van der Waals surface area (Å²) in [4.78, 5) is 40.6. The van der Waals surface area contributed by atoms with Gasteiger partial charge < -0.3 is 19.6 Å². The van der Waals surface area contributed by atoms with E-state index in [2.05, 4.69) is 15.6 Å². The van der Waals surface area contributed by atoms with Crippen LogP contribution in [0.5, 0.6) is 0 Å². The summed E-state index contributed by atoms with van der Waals surface area (Å²) in [5.41, 5.74) is 2.51. The van der Waals surface area contributed by atoms with Crippen molar-refractivity contribution in [1.82, 2.24) is 10.3 Å². The zero-order chi connectivity index (χ0) is 26.2. The lowest BCUT2D eigenvalue weighted by atomic mass is 10.1. The van der Waals surface area contributed by atoms with Gasteiger partial charge in [0.2, 0.25) is 11.8 Å². The van der Waals surface area contributed by atoms with Gasteiger partial charge in [0.25, 0.3) is 5.91 Å². The van der Waals surface area contributed by atoms with Gasteiger partial charge in [0.05, 0.1) is 6.20 Å². The van der Waals surface area contributed by atoms with Crippen LogP contribution < -0.4 is 10.6 Å². The van der Waals surface area contributed by atoms with E-state index in [1.807, 2.05) is 48.5 Å². The number of amides is 2. The van der Waals surface area contributed by atoms with E-state index in [4.69, 9.17) is 9.15 Å². The first kappa shape index (κ1) is 25.2. The molecule has 0 spiro atoms. The van der Waals surface area contributed by atoms with E-state index < -0.39 is 30.1 Å². The van der Waals surface area contributed by atoms with Gasteiger partial charge in [-0.15, -0.1) is 0 Å². The molecule has 37 heavy (non-hydrogen) atoms. The standard InChI is InChI=1S/C28H25N3O6/c1-18(20-10-6-3-7-11-20)36-28(35)31-24-17-29-26(37-24)22-14-12-21(13-15-22)25(32)30-23(27(33)34)16-19-8-4-2-5-9-19/h2-15,17-18,23H,16H2,1H3,(H,30,32)(H,31,35)(H,33,34). The first-order valence-corrected chi connectivity index (χ1v) is 11.6. The third-order valence-electron chi connectivity index (χ3n) is 5.56. The molecule has 0 saturated heterocycles. The molecule has 0 aliphatic carbocycles. The van der Waals surface area contributed by atoms with Gasteiger partial charge in [0.15, 0.2) is 0 Å². The zero-order valence-corrected chi connectivity index (χ0v) is 20.0. The summed E-state index contributed by atoms with van der Waals surface area (Å²) in [7, 11) is 0. The predicted octanol–water partition coefficient (Wildman–Crippen LogP) is 5.08. The van der Waals surface area contributed by atoms with E-state index in [9.17, 15) is 19.5 Å². The van der Waals surface area contributed by atoms with Crippen LogP contribution in [0.25, 0.3) is 11.5 Å². The lowest BCUT2D eigenvalue weighted by molar-refractivity contribution is -0.139. The molecule has 3 aromatic carbocycles. The number of nitrogens with one attached hydrogen (secondary N) is 2. The molecule has 188 valence electrons. The number of aliphatic carboxylic acids is 1. The maximum absolute atomic E-state index is 12.6. The van der Waals surface area contributed by atoms with Crippen LogP contribution >= 0.6 is 0 Å². The van der Waals surface area contributed by atoms with Gasteiger partial charge in [-0.25, -0.2) is 14.6 Å². The summed E-state index contributed by atoms with van der Waals surface area (Å²) in [6.45, 7) is 1.76. The molecule has 2 unspecified atom stereocenters. The highest BCUT2D eigenvalue weighted by Gasteiger charge is 2.21. The monoisotopic (exact) mass is 499 g/mol. The predicted molar refractivity (Wildman–Crippen MR) is 136 cm³/mol. The van der Waals surface area contributed by atoms with Crippen molar-refractivity contribution in [2.75, 3.05) is 5.32 Å². The second kappa shape index (κ2) is 11.7. The summed E-state index contributed by atoms with van der Waals surface area (Å²) >= 11 is 0. The quantitative estimate of drug-likeness (QED) is 0.293. The summed E-state index contributed by atoms with van der Waals surface area (Å²) in [5, 5.41) is 14.6. The minimum absolute atomic E-state index is 0.104. The van der Waals surface area contributed by atoms with Gasteiger partial charge in [0.1, 0.15) is 12.1 Å². The van der Waals surface area contributed by atoms with E-state index in [1.54, 1.807) is 43.3 Å². The Morgan fingerprint density at radius 1 is 0.946 bits per heavy atom. The number of aromatic nitrogens is 1. The number of carbonyl (C=O) groups is 3. The number of hydrogen-bond acceptors (Lipinski definition) is 6. The fraction of sp³-hybridized carbons (Fsp3) is 0.143. The first-order valence-electron chi connectivity index (χ1n) is 11.6. The fourth-order valence-corrected chi connectivity index (χ4v) is 3.60. The number of rotatable bonds is 9. The van der Waals surface area contributed by atoms with Gasteiger partial charge in [-0.3, -0.25) is 10.1 Å². The molecule has 9 nitrogen and oxygen atoms in total. The normalized spacial score (nSPS) is 12.2. The molecule has 3 N–H and O–H groups in total. The molecule has 1 heterocycles. The summed E-state index contributed by atoms with van der Waals surface area (Å²) in [6, 6.07) is 23.6. The average Bonchev–Trinajstić information content (AvgIpc) is 3.37. The van der Waals surface area contributed by atoms with Gasteiger partial charge in [-0.05, 0) is 42.3 Å². The molecular formula is C28H25N3O6. The molecular weight excluding hydrogens is 474 g/mol. The Kier molecular flexibility index (Phi) is 7.95. The number of carboxylic acids is 1. The zero-order valence-electron chi connectivity index (χ0n) is 20.0. The highest BCUT2D eigenvalue weighted by Crippen LogP contribution is 2.23. The molecule has 9 heteroatoms. The lowest BCUT2D eigenvalue weighted by Gasteiger charge is -2.15. The van der Waals surface area contributed by atoms with Crippen LogP contribution in [0.3, 0.4) is 0 Å². The van der Waals surface area contributed by atoms with Crippen molar-refractivity contribution in [3.8, 4) is 11.5 Å². The number of carbonyl (C=O) groups excluding carboxylic acids is 2. The fourth-order valence-electron chi connectivity index (χ4n) is 3.60. The topological polar surface area (TPSA) is 131 Å². The van der Waals surface area contributed by atoms with E-state index >= 15 is 0 Å². The second-order valence-corrected chi connectivity index (χ2v) is 8.24. The second-order valence-electron chi connectivity index (χ2n) is 8.24. The number of benzene rings is 3. The van der Waals surface area contributed by atoms with Crippen molar-refractivity contribution < 1.29 is 28.6 Å². The van der Waals surface area contributed by atoms with Crippen molar-refractivity contribution >= 4 is 23.9 Å². The average molecular weight is 500 g/mol. The summed E-state index contributed by atoms with van der Waals surface area (Å²) in [5.74, 6) is -1.30. The Morgan fingerprint density at radius 2 is 1.59 bits per heavy atom. The molecule has 2 atom stereocenters. The van der Waals surface area contributed by atoms with E-state index in [0.29, 0.717) is 5.56 Å². The Morgan fingerprint density at radius 3 is 2.24 bits per heavy atom. The number of hydrogen-bond donors (Lipinski definition) is 3. The van der Waals surface area contributed by atoms with Gasteiger partial charge in [0, 0.05) is 17.5 Å². The SMILES string of the molecule is CC(OC(=O)Nc1cnc(-c2ccc(C(=O)NC(Cc3ccccc3)C(=O)O)cc2)o1)c1ccccc1.